The van der Waals surface area contributed by atoms with Crippen LogP contribution in [0.4, 0.5) is 0 Å². The van der Waals surface area contributed by atoms with Crippen LogP contribution in [0.15, 0.2) is 42.5 Å². The summed E-state index contributed by atoms with van der Waals surface area (Å²) in [5, 5.41) is 0. The van der Waals surface area contributed by atoms with Gasteiger partial charge in [-0.2, -0.15) is 0 Å². The van der Waals surface area contributed by atoms with Gasteiger partial charge in [0.05, 0.1) is 6.10 Å². The number of rotatable bonds is 2. The highest BCUT2D eigenvalue weighted by Gasteiger charge is 2.48. The van der Waals surface area contributed by atoms with E-state index in [9.17, 15) is 0 Å². The van der Waals surface area contributed by atoms with Crippen molar-refractivity contribution in [3.8, 4) is 11.1 Å². The Morgan fingerprint density at radius 2 is 1.82 bits per heavy atom. The summed E-state index contributed by atoms with van der Waals surface area (Å²) in [6, 6.07) is 17.3. The molecule has 3 aliphatic heterocycles. The third-order valence-corrected chi connectivity index (χ3v) is 9.41. The van der Waals surface area contributed by atoms with Gasteiger partial charge < -0.3 is 4.74 Å². The summed E-state index contributed by atoms with van der Waals surface area (Å²) in [6.07, 6.45) is 9.95. The Labute approximate surface area is 200 Å². The monoisotopic (exact) mass is 444 g/mol. The fraction of sp³-hybridized carbons (Fsp3) is 0.600. The summed E-state index contributed by atoms with van der Waals surface area (Å²) in [7, 11) is 2.37. The molecule has 3 heterocycles. The van der Waals surface area contributed by atoms with E-state index in [4.69, 9.17) is 4.74 Å². The number of ether oxygens (including phenoxy) is 1. The van der Waals surface area contributed by atoms with Gasteiger partial charge in [-0.1, -0.05) is 55.7 Å². The molecule has 2 saturated heterocycles. The number of piperidine rings is 1. The molecule has 1 aliphatic carbocycles. The van der Waals surface area contributed by atoms with Crippen LogP contribution in [0.2, 0.25) is 0 Å². The van der Waals surface area contributed by atoms with Crippen molar-refractivity contribution in [1.29, 1.82) is 0 Å². The van der Waals surface area contributed by atoms with Gasteiger partial charge in [-0.15, -0.1) is 0 Å². The molecule has 1 unspecified atom stereocenters. The fourth-order valence-electron chi connectivity index (χ4n) is 7.50. The molecule has 2 aromatic carbocycles. The highest BCUT2D eigenvalue weighted by Crippen LogP contribution is 2.46. The first kappa shape index (κ1) is 21.8. The van der Waals surface area contributed by atoms with Crippen molar-refractivity contribution in [3.05, 3.63) is 59.2 Å². The van der Waals surface area contributed by atoms with E-state index in [-0.39, 0.29) is 0 Å². The molecular weight excluding hydrogens is 404 g/mol. The van der Waals surface area contributed by atoms with Crippen molar-refractivity contribution in [1.82, 2.24) is 9.80 Å². The minimum Gasteiger partial charge on any atom is -0.360 e. The lowest BCUT2D eigenvalue weighted by Gasteiger charge is -2.56. The van der Waals surface area contributed by atoms with Crippen LogP contribution in [0.5, 0.6) is 0 Å². The third-order valence-electron chi connectivity index (χ3n) is 9.41. The Balaban J connectivity index is 1.30. The maximum atomic E-state index is 6.75. The predicted octanol–water partition coefficient (Wildman–Crippen LogP) is 6.21. The number of nitrogens with zero attached hydrogens (tertiary/aromatic N) is 2. The largest absolute Gasteiger partial charge is 0.360 e. The van der Waals surface area contributed by atoms with Crippen LogP contribution < -0.4 is 0 Å². The SMILES string of the molecule is Cc1ccccc1-c1ccc2c(c1)[C@@H]1C[C@H]3[C@@H](CN1CC2)[C@H](C)OC(C1CCCCC1)N3C. The molecule has 33 heavy (non-hydrogen) atoms. The lowest BCUT2D eigenvalue weighted by atomic mass is 9.75. The van der Waals surface area contributed by atoms with E-state index in [0.29, 0.717) is 30.3 Å². The van der Waals surface area contributed by atoms with Crippen molar-refractivity contribution in [2.45, 2.75) is 83.2 Å². The highest BCUT2D eigenvalue weighted by atomic mass is 16.5. The Kier molecular flexibility index (Phi) is 5.84. The second-order valence-electron chi connectivity index (χ2n) is 11.3. The topological polar surface area (TPSA) is 15.7 Å². The van der Waals surface area contributed by atoms with E-state index >= 15 is 0 Å². The number of hydrogen-bond acceptors (Lipinski definition) is 3. The zero-order valence-electron chi connectivity index (χ0n) is 20.7. The molecule has 3 nitrogen and oxygen atoms in total. The average molecular weight is 445 g/mol. The van der Waals surface area contributed by atoms with Crippen LogP contribution in [-0.4, -0.2) is 48.3 Å². The molecule has 4 aliphatic rings. The standard InChI is InChI=1S/C30H40N2O/c1-20-9-7-8-12-25(20)24-14-13-22-15-16-32-19-27-21(2)33-30(23-10-5-4-6-11-23)31(3)28(27)18-29(32)26(22)17-24/h7-9,12-14,17,21,23,27-30H,4-6,10-11,15-16,18-19H2,1-3H3/t21-,27-,28-,29-,30?/m0/s1. The molecule has 3 heteroatoms. The summed E-state index contributed by atoms with van der Waals surface area (Å²) < 4.78 is 6.75. The summed E-state index contributed by atoms with van der Waals surface area (Å²) >= 11 is 0. The van der Waals surface area contributed by atoms with Crippen LogP contribution in [0.1, 0.15) is 68.2 Å². The number of benzene rings is 2. The lowest BCUT2D eigenvalue weighted by molar-refractivity contribution is -0.220. The maximum Gasteiger partial charge on any atom is 0.113 e. The Morgan fingerprint density at radius 1 is 1.00 bits per heavy atom. The molecule has 6 rings (SSSR count). The van der Waals surface area contributed by atoms with Crippen LogP contribution >= 0.6 is 0 Å². The van der Waals surface area contributed by atoms with E-state index < -0.39 is 0 Å². The van der Waals surface area contributed by atoms with Crippen molar-refractivity contribution in [3.63, 3.8) is 0 Å². The first-order valence-electron chi connectivity index (χ1n) is 13.4. The third kappa shape index (κ3) is 3.87. The van der Waals surface area contributed by atoms with Crippen molar-refractivity contribution in [2.75, 3.05) is 20.1 Å². The van der Waals surface area contributed by atoms with E-state index in [0.717, 1.165) is 5.92 Å². The molecule has 2 aromatic rings. The van der Waals surface area contributed by atoms with Crippen LogP contribution in [-0.2, 0) is 11.2 Å². The Morgan fingerprint density at radius 3 is 2.64 bits per heavy atom. The molecule has 0 amide bonds. The smallest absolute Gasteiger partial charge is 0.113 e. The molecule has 3 fully saturated rings. The van der Waals surface area contributed by atoms with Gasteiger partial charge in [-0.05, 0) is 86.4 Å². The molecule has 0 N–H and O–H groups in total. The van der Waals surface area contributed by atoms with Gasteiger partial charge >= 0.3 is 0 Å². The molecule has 0 bridgehead atoms. The van der Waals surface area contributed by atoms with Crippen LogP contribution in [0, 0.1) is 18.8 Å². The predicted molar refractivity (Wildman–Crippen MR) is 135 cm³/mol. The highest BCUT2D eigenvalue weighted by molar-refractivity contribution is 5.68. The van der Waals surface area contributed by atoms with Gasteiger partial charge in [0.25, 0.3) is 0 Å². The molecular formula is C30H40N2O. The molecule has 0 radical (unpaired) electrons. The van der Waals surface area contributed by atoms with Gasteiger partial charge in [0, 0.05) is 31.1 Å². The zero-order valence-corrected chi connectivity index (χ0v) is 20.7. The molecule has 1 saturated carbocycles. The molecule has 0 spiro atoms. The summed E-state index contributed by atoms with van der Waals surface area (Å²) in [6.45, 7) is 6.95. The number of aryl methyl sites for hydroxylation is 1. The lowest BCUT2D eigenvalue weighted by Crippen LogP contribution is -2.63. The molecule has 176 valence electrons. The van der Waals surface area contributed by atoms with Crippen molar-refractivity contribution >= 4 is 0 Å². The summed E-state index contributed by atoms with van der Waals surface area (Å²) in [4.78, 5) is 5.44. The Bertz CT molecular complexity index is 997. The van der Waals surface area contributed by atoms with Crippen molar-refractivity contribution in [2.24, 2.45) is 11.8 Å². The summed E-state index contributed by atoms with van der Waals surface area (Å²) in [5.41, 5.74) is 7.27. The minimum absolute atomic E-state index is 0.314. The zero-order chi connectivity index (χ0) is 22.5. The van der Waals surface area contributed by atoms with Crippen molar-refractivity contribution < 1.29 is 4.74 Å². The molecule has 0 aromatic heterocycles. The quantitative estimate of drug-likeness (QED) is 0.548. The Hall–Kier alpha value is -1.68. The van der Waals surface area contributed by atoms with Gasteiger partial charge in [0.15, 0.2) is 0 Å². The fourth-order valence-corrected chi connectivity index (χ4v) is 7.50. The van der Waals surface area contributed by atoms with Gasteiger partial charge in [-0.25, -0.2) is 0 Å². The first-order chi connectivity index (χ1) is 16.1. The van der Waals surface area contributed by atoms with Crippen LogP contribution in [0.25, 0.3) is 11.1 Å². The van der Waals surface area contributed by atoms with E-state index in [1.807, 2.05) is 0 Å². The maximum absolute atomic E-state index is 6.75. The average Bonchev–Trinajstić information content (AvgIpc) is 2.86. The second-order valence-corrected chi connectivity index (χ2v) is 11.3. The van der Waals surface area contributed by atoms with Gasteiger partial charge in [-0.3, -0.25) is 9.80 Å². The number of fused-ring (bicyclic) bond motifs is 4. The van der Waals surface area contributed by atoms with E-state index in [1.54, 1.807) is 11.1 Å². The molecule has 5 atom stereocenters. The van der Waals surface area contributed by atoms with E-state index in [1.165, 1.54) is 74.7 Å². The van der Waals surface area contributed by atoms with Gasteiger partial charge in [0.1, 0.15) is 6.23 Å². The van der Waals surface area contributed by atoms with E-state index in [2.05, 4.69) is 73.2 Å². The first-order valence-corrected chi connectivity index (χ1v) is 13.4. The minimum atomic E-state index is 0.314. The normalized spacial score (nSPS) is 33.2. The second kappa shape index (κ2) is 8.83. The summed E-state index contributed by atoms with van der Waals surface area (Å²) in [5.74, 6) is 1.34. The van der Waals surface area contributed by atoms with Crippen LogP contribution in [0.3, 0.4) is 0 Å². The number of hydrogen-bond donors (Lipinski definition) is 0. The van der Waals surface area contributed by atoms with Gasteiger partial charge in [0.2, 0.25) is 0 Å².